The largest absolute Gasteiger partial charge is 0.463 e. The third kappa shape index (κ3) is 2.13. The van der Waals surface area contributed by atoms with Gasteiger partial charge in [0.15, 0.2) is 6.29 Å². The highest BCUT2D eigenvalue weighted by molar-refractivity contribution is 5.54. The predicted molar refractivity (Wildman–Crippen MR) is 47.9 cm³/mol. The summed E-state index contributed by atoms with van der Waals surface area (Å²) < 4.78 is 5.03. The van der Waals surface area contributed by atoms with Crippen molar-refractivity contribution in [3.63, 3.8) is 0 Å². The Bertz CT molecular complexity index is 271. The van der Waals surface area contributed by atoms with Crippen LogP contribution in [0, 0.1) is 6.92 Å². The van der Waals surface area contributed by atoms with E-state index in [4.69, 9.17) is 15.6 Å². The summed E-state index contributed by atoms with van der Waals surface area (Å²) in [6.07, 6.45) is -0.824. The SMILES string of the molecule is Cc1ccc(OC(C)O)c(N)c1. The normalized spacial score (nSPS) is 12.6. The molecule has 0 heterocycles. The van der Waals surface area contributed by atoms with Gasteiger partial charge in [0.25, 0.3) is 0 Å². The van der Waals surface area contributed by atoms with Crippen LogP contribution in [0.5, 0.6) is 5.75 Å². The minimum absolute atomic E-state index is 0.524. The molecule has 0 spiro atoms. The molecular formula is C9H13NO2. The maximum Gasteiger partial charge on any atom is 0.194 e. The van der Waals surface area contributed by atoms with E-state index in [9.17, 15) is 0 Å². The molecule has 3 nitrogen and oxygen atoms in total. The van der Waals surface area contributed by atoms with Crippen LogP contribution in [0.1, 0.15) is 12.5 Å². The molecule has 1 atom stereocenters. The molecule has 0 fully saturated rings. The lowest BCUT2D eigenvalue weighted by Gasteiger charge is -2.10. The van der Waals surface area contributed by atoms with Crippen molar-refractivity contribution in [2.24, 2.45) is 0 Å². The summed E-state index contributed by atoms with van der Waals surface area (Å²) in [4.78, 5) is 0. The smallest absolute Gasteiger partial charge is 0.194 e. The number of nitrogens with two attached hydrogens (primary N) is 1. The van der Waals surface area contributed by atoms with E-state index in [0.29, 0.717) is 11.4 Å². The Morgan fingerprint density at radius 1 is 1.50 bits per heavy atom. The monoisotopic (exact) mass is 167 g/mol. The van der Waals surface area contributed by atoms with Gasteiger partial charge in [-0.2, -0.15) is 0 Å². The van der Waals surface area contributed by atoms with Gasteiger partial charge >= 0.3 is 0 Å². The molecule has 0 aliphatic carbocycles. The first-order valence-corrected chi connectivity index (χ1v) is 3.80. The van der Waals surface area contributed by atoms with Gasteiger partial charge in [-0.3, -0.25) is 0 Å². The van der Waals surface area contributed by atoms with Gasteiger partial charge in [-0.05, 0) is 31.5 Å². The lowest BCUT2D eigenvalue weighted by molar-refractivity contribution is 0.000266. The van der Waals surface area contributed by atoms with E-state index in [-0.39, 0.29) is 0 Å². The van der Waals surface area contributed by atoms with Crippen LogP contribution in [-0.4, -0.2) is 11.4 Å². The van der Waals surface area contributed by atoms with Gasteiger partial charge < -0.3 is 15.6 Å². The zero-order valence-electron chi connectivity index (χ0n) is 7.24. The molecule has 1 rings (SSSR count). The summed E-state index contributed by atoms with van der Waals surface area (Å²) >= 11 is 0. The number of benzene rings is 1. The zero-order valence-corrected chi connectivity index (χ0v) is 7.24. The van der Waals surface area contributed by atoms with Crippen molar-refractivity contribution in [3.05, 3.63) is 23.8 Å². The molecule has 0 amide bonds. The predicted octanol–water partition coefficient (Wildman–Crippen LogP) is 1.29. The second-order valence-corrected chi connectivity index (χ2v) is 2.76. The molecule has 0 saturated heterocycles. The molecule has 0 radical (unpaired) electrons. The molecular weight excluding hydrogens is 154 g/mol. The number of aliphatic hydroxyl groups is 1. The first-order valence-electron chi connectivity index (χ1n) is 3.80. The number of rotatable bonds is 2. The van der Waals surface area contributed by atoms with Crippen LogP contribution in [0.25, 0.3) is 0 Å². The number of anilines is 1. The summed E-state index contributed by atoms with van der Waals surface area (Å²) in [7, 11) is 0. The van der Waals surface area contributed by atoms with Gasteiger partial charge in [-0.1, -0.05) is 6.07 Å². The van der Waals surface area contributed by atoms with Gasteiger partial charge in [0.2, 0.25) is 0 Å². The van der Waals surface area contributed by atoms with E-state index in [1.807, 2.05) is 13.0 Å². The summed E-state index contributed by atoms with van der Waals surface area (Å²) in [6.45, 7) is 3.49. The van der Waals surface area contributed by atoms with Crippen molar-refractivity contribution in [3.8, 4) is 5.75 Å². The molecule has 1 aromatic rings. The average molecular weight is 167 g/mol. The van der Waals surface area contributed by atoms with Crippen molar-refractivity contribution in [2.45, 2.75) is 20.1 Å². The molecule has 0 aliphatic rings. The van der Waals surface area contributed by atoms with Crippen molar-refractivity contribution in [1.82, 2.24) is 0 Å². The molecule has 12 heavy (non-hydrogen) atoms. The topological polar surface area (TPSA) is 55.5 Å². The summed E-state index contributed by atoms with van der Waals surface area (Å²) in [5, 5.41) is 8.92. The molecule has 0 bridgehead atoms. The molecule has 66 valence electrons. The molecule has 1 aromatic carbocycles. The van der Waals surface area contributed by atoms with Gasteiger partial charge in [0.05, 0.1) is 5.69 Å². The van der Waals surface area contributed by atoms with Crippen LogP contribution in [0.3, 0.4) is 0 Å². The maximum atomic E-state index is 8.92. The fraction of sp³-hybridized carbons (Fsp3) is 0.333. The lowest BCUT2D eigenvalue weighted by Crippen LogP contribution is -2.10. The van der Waals surface area contributed by atoms with Crippen LogP contribution < -0.4 is 10.5 Å². The fourth-order valence-corrected chi connectivity index (χ4v) is 0.959. The molecule has 0 saturated carbocycles. The Morgan fingerprint density at radius 2 is 2.17 bits per heavy atom. The van der Waals surface area contributed by atoms with E-state index in [0.717, 1.165) is 5.56 Å². The van der Waals surface area contributed by atoms with Gasteiger partial charge in [0, 0.05) is 0 Å². The zero-order chi connectivity index (χ0) is 9.14. The Balaban J connectivity index is 2.86. The van der Waals surface area contributed by atoms with E-state index < -0.39 is 6.29 Å². The third-order valence-corrected chi connectivity index (χ3v) is 1.46. The number of hydrogen-bond acceptors (Lipinski definition) is 3. The highest BCUT2D eigenvalue weighted by atomic mass is 16.6. The number of aryl methyl sites for hydroxylation is 1. The van der Waals surface area contributed by atoms with E-state index in [1.54, 1.807) is 19.1 Å². The van der Waals surface area contributed by atoms with Crippen molar-refractivity contribution in [2.75, 3.05) is 5.73 Å². The van der Waals surface area contributed by atoms with Gasteiger partial charge in [-0.25, -0.2) is 0 Å². The second-order valence-electron chi connectivity index (χ2n) is 2.76. The van der Waals surface area contributed by atoms with Gasteiger partial charge in [-0.15, -0.1) is 0 Å². The van der Waals surface area contributed by atoms with Crippen molar-refractivity contribution >= 4 is 5.69 Å². The Hall–Kier alpha value is -1.22. The standard InChI is InChI=1S/C9H13NO2/c1-6-3-4-9(8(10)5-6)12-7(2)11/h3-5,7,11H,10H2,1-2H3. The average Bonchev–Trinajstić information content (AvgIpc) is 1.94. The van der Waals surface area contributed by atoms with Crippen LogP contribution in [0.15, 0.2) is 18.2 Å². The Morgan fingerprint density at radius 3 is 2.67 bits per heavy atom. The highest BCUT2D eigenvalue weighted by Crippen LogP contribution is 2.22. The lowest BCUT2D eigenvalue weighted by atomic mass is 10.2. The Labute approximate surface area is 71.8 Å². The molecule has 0 aliphatic heterocycles. The van der Waals surface area contributed by atoms with Crippen LogP contribution >= 0.6 is 0 Å². The van der Waals surface area contributed by atoms with Crippen LogP contribution in [0.2, 0.25) is 0 Å². The van der Waals surface area contributed by atoms with Crippen molar-refractivity contribution < 1.29 is 9.84 Å². The van der Waals surface area contributed by atoms with E-state index in [2.05, 4.69) is 0 Å². The third-order valence-electron chi connectivity index (χ3n) is 1.46. The molecule has 3 N–H and O–H groups in total. The van der Waals surface area contributed by atoms with Crippen LogP contribution in [-0.2, 0) is 0 Å². The number of nitrogen functional groups attached to an aromatic ring is 1. The summed E-state index contributed by atoms with van der Waals surface area (Å²) in [5.41, 5.74) is 7.26. The van der Waals surface area contributed by atoms with Crippen LogP contribution in [0.4, 0.5) is 5.69 Å². The van der Waals surface area contributed by atoms with Crippen molar-refractivity contribution in [1.29, 1.82) is 0 Å². The first-order chi connectivity index (χ1) is 5.59. The fourth-order valence-electron chi connectivity index (χ4n) is 0.959. The quantitative estimate of drug-likeness (QED) is 0.515. The van der Waals surface area contributed by atoms with Gasteiger partial charge in [0.1, 0.15) is 5.75 Å². The first kappa shape index (κ1) is 8.87. The minimum Gasteiger partial charge on any atom is -0.463 e. The molecule has 0 aromatic heterocycles. The highest BCUT2D eigenvalue weighted by Gasteiger charge is 2.02. The molecule has 1 unspecified atom stereocenters. The summed E-state index contributed by atoms with van der Waals surface area (Å²) in [5.74, 6) is 0.524. The minimum atomic E-state index is -0.824. The Kier molecular flexibility index (Phi) is 2.55. The molecule has 3 heteroatoms. The number of ether oxygens (including phenoxy) is 1. The summed E-state index contributed by atoms with van der Waals surface area (Å²) in [6, 6.07) is 5.43. The van der Waals surface area contributed by atoms with E-state index in [1.165, 1.54) is 0 Å². The van der Waals surface area contributed by atoms with E-state index >= 15 is 0 Å². The number of hydrogen-bond donors (Lipinski definition) is 2. The maximum absolute atomic E-state index is 8.92. The number of aliphatic hydroxyl groups excluding tert-OH is 1. The second kappa shape index (κ2) is 3.45.